The van der Waals surface area contributed by atoms with Gasteiger partial charge in [0, 0.05) is 12.1 Å². The van der Waals surface area contributed by atoms with Gasteiger partial charge >= 0.3 is 0 Å². The maximum Gasteiger partial charge on any atom is 0.295 e. The number of nitrogens with zero attached hydrogens (tertiary/aromatic N) is 1. The highest BCUT2D eigenvalue weighted by Gasteiger charge is 2.45. The van der Waals surface area contributed by atoms with Crippen molar-refractivity contribution in [1.29, 1.82) is 0 Å². The highest BCUT2D eigenvalue weighted by molar-refractivity contribution is 6.46. The molecule has 0 spiro atoms. The predicted molar refractivity (Wildman–Crippen MR) is 126 cm³/mol. The number of hydrogen-bond donors (Lipinski definition) is 2. The van der Waals surface area contributed by atoms with E-state index in [1.165, 1.54) is 18.1 Å². The Morgan fingerprint density at radius 2 is 1.79 bits per heavy atom. The molecule has 1 aliphatic heterocycles. The topological polar surface area (TPSA) is 96.3 Å². The Hall–Kier alpha value is -3.48. The number of aliphatic hydroxyl groups excluding tert-OH is 1. The summed E-state index contributed by atoms with van der Waals surface area (Å²) in [6.45, 7) is 8.68. The molecule has 7 nitrogen and oxygen atoms in total. The second-order valence-electron chi connectivity index (χ2n) is 8.26. The van der Waals surface area contributed by atoms with E-state index in [1.54, 1.807) is 30.3 Å². The number of likely N-dealkylation sites (tertiary alicyclic amines) is 1. The van der Waals surface area contributed by atoms with E-state index in [9.17, 15) is 19.8 Å². The smallest absolute Gasteiger partial charge is 0.295 e. The number of methoxy groups -OCH3 is 1. The largest absolute Gasteiger partial charge is 0.507 e. The van der Waals surface area contributed by atoms with Gasteiger partial charge in [0.25, 0.3) is 11.7 Å². The zero-order valence-corrected chi connectivity index (χ0v) is 19.7. The van der Waals surface area contributed by atoms with Crippen LogP contribution in [0.15, 0.2) is 42.0 Å². The molecule has 2 aromatic rings. The van der Waals surface area contributed by atoms with Crippen LogP contribution in [0.4, 0.5) is 0 Å². The molecule has 1 aliphatic rings. The lowest BCUT2D eigenvalue weighted by atomic mass is 9.93. The molecule has 2 aromatic carbocycles. The molecule has 0 radical (unpaired) electrons. The van der Waals surface area contributed by atoms with Crippen molar-refractivity contribution in [2.45, 2.75) is 46.1 Å². The fraction of sp³-hybridized carbons (Fsp3) is 0.385. The Labute approximate surface area is 194 Å². The molecule has 3 rings (SSSR count). The maximum atomic E-state index is 13.1. The molecule has 1 atom stereocenters. The number of phenols is 1. The van der Waals surface area contributed by atoms with Crippen LogP contribution in [0.1, 0.15) is 62.8 Å². The van der Waals surface area contributed by atoms with Gasteiger partial charge in [-0.15, -0.1) is 0 Å². The molecular weight excluding hydrogens is 422 g/mol. The average molecular weight is 454 g/mol. The molecule has 0 saturated carbocycles. The first-order valence-electron chi connectivity index (χ1n) is 11.2. The number of rotatable bonds is 8. The molecule has 33 heavy (non-hydrogen) atoms. The van der Waals surface area contributed by atoms with Gasteiger partial charge in [-0.25, -0.2) is 0 Å². The molecule has 1 fully saturated rings. The van der Waals surface area contributed by atoms with Gasteiger partial charge in [-0.05, 0) is 60.7 Å². The summed E-state index contributed by atoms with van der Waals surface area (Å²) in [7, 11) is 1.44. The summed E-state index contributed by atoms with van der Waals surface area (Å²) in [6, 6.07) is 9.14. The van der Waals surface area contributed by atoms with E-state index in [4.69, 9.17) is 9.47 Å². The summed E-state index contributed by atoms with van der Waals surface area (Å²) in [5.41, 5.74) is 1.83. The molecule has 1 heterocycles. The first kappa shape index (κ1) is 24.2. The lowest BCUT2D eigenvalue weighted by Gasteiger charge is -2.25. The van der Waals surface area contributed by atoms with Gasteiger partial charge in [0.05, 0.1) is 25.3 Å². The first-order valence-corrected chi connectivity index (χ1v) is 11.2. The van der Waals surface area contributed by atoms with Crippen molar-refractivity contribution in [3.05, 3.63) is 58.7 Å². The first-order chi connectivity index (χ1) is 15.7. The van der Waals surface area contributed by atoms with Crippen LogP contribution in [0.25, 0.3) is 5.76 Å². The van der Waals surface area contributed by atoms with E-state index in [0.29, 0.717) is 36.4 Å². The standard InChI is InChI=1S/C26H31NO6/c1-6-12-27-23(16-8-11-21(32-5)19(28)14-16)22(25(30)26(27)31)24(29)17-9-10-20(33-7-2)18(13-17)15(3)4/h8-11,13-15,23,28-29H,6-7,12H2,1-5H3/b24-22-. The minimum Gasteiger partial charge on any atom is -0.507 e. The lowest BCUT2D eigenvalue weighted by Crippen LogP contribution is -2.30. The number of benzene rings is 2. The molecule has 0 aliphatic carbocycles. The monoisotopic (exact) mass is 453 g/mol. The van der Waals surface area contributed by atoms with Crippen LogP contribution in [0.3, 0.4) is 0 Å². The number of Topliss-reactive ketones (excluding diaryl/α,β-unsaturated/α-hetero) is 1. The lowest BCUT2D eigenvalue weighted by molar-refractivity contribution is -0.139. The fourth-order valence-electron chi connectivity index (χ4n) is 4.16. The molecule has 1 amide bonds. The van der Waals surface area contributed by atoms with Crippen molar-refractivity contribution in [3.63, 3.8) is 0 Å². The third-order valence-electron chi connectivity index (χ3n) is 5.73. The van der Waals surface area contributed by atoms with Crippen LogP contribution >= 0.6 is 0 Å². The second kappa shape index (κ2) is 9.98. The summed E-state index contributed by atoms with van der Waals surface area (Å²) in [5.74, 6) is -0.671. The Morgan fingerprint density at radius 3 is 2.36 bits per heavy atom. The zero-order valence-electron chi connectivity index (χ0n) is 19.7. The number of phenolic OH excluding ortho intramolecular Hbond substituents is 1. The molecule has 176 valence electrons. The Bertz CT molecular complexity index is 1090. The van der Waals surface area contributed by atoms with E-state index in [1.807, 2.05) is 27.7 Å². The van der Waals surface area contributed by atoms with Gasteiger partial charge in [-0.1, -0.05) is 26.8 Å². The third kappa shape index (κ3) is 4.53. The van der Waals surface area contributed by atoms with E-state index in [2.05, 4.69) is 0 Å². The average Bonchev–Trinajstić information content (AvgIpc) is 3.04. The van der Waals surface area contributed by atoms with Crippen molar-refractivity contribution < 1.29 is 29.3 Å². The van der Waals surface area contributed by atoms with Crippen molar-refractivity contribution >= 4 is 17.4 Å². The van der Waals surface area contributed by atoms with Crippen LogP contribution in [0.5, 0.6) is 17.2 Å². The van der Waals surface area contributed by atoms with E-state index < -0.39 is 17.7 Å². The van der Waals surface area contributed by atoms with Crippen LogP contribution in [0.2, 0.25) is 0 Å². The molecule has 7 heteroatoms. The van der Waals surface area contributed by atoms with E-state index in [-0.39, 0.29) is 28.7 Å². The minimum absolute atomic E-state index is 0.00289. The van der Waals surface area contributed by atoms with Gasteiger partial charge in [-0.2, -0.15) is 0 Å². The fourth-order valence-corrected chi connectivity index (χ4v) is 4.16. The number of carbonyl (C=O) groups excluding carboxylic acids is 2. The summed E-state index contributed by atoms with van der Waals surface area (Å²) in [5, 5.41) is 21.6. The van der Waals surface area contributed by atoms with Gasteiger partial charge in [0.15, 0.2) is 11.5 Å². The summed E-state index contributed by atoms with van der Waals surface area (Å²) in [4.78, 5) is 27.4. The number of carbonyl (C=O) groups is 2. The highest BCUT2D eigenvalue weighted by Crippen LogP contribution is 2.42. The Morgan fingerprint density at radius 1 is 1.09 bits per heavy atom. The normalized spacial score (nSPS) is 17.6. The summed E-state index contributed by atoms with van der Waals surface area (Å²) in [6.07, 6.45) is 0.631. The minimum atomic E-state index is -0.823. The third-order valence-corrected chi connectivity index (χ3v) is 5.73. The number of ether oxygens (including phenoxy) is 2. The molecular formula is C26H31NO6. The van der Waals surface area contributed by atoms with Gasteiger partial charge in [0.2, 0.25) is 0 Å². The van der Waals surface area contributed by atoms with Crippen LogP contribution in [-0.2, 0) is 9.59 Å². The summed E-state index contributed by atoms with van der Waals surface area (Å²) < 4.78 is 10.8. The van der Waals surface area contributed by atoms with Gasteiger partial charge in [-0.3, -0.25) is 9.59 Å². The zero-order chi connectivity index (χ0) is 24.3. The van der Waals surface area contributed by atoms with E-state index >= 15 is 0 Å². The SMILES string of the molecule is CCCN1C(=O)C(=O)/C(=C(\O)c2ccc(OCC)c(C(C)C)c2)C1c1ccc(OC)c(O)c1. The predicted octanol–water partition coefficient (Wildman–Crippen LogP) is 4.75. The molecule has 0 bridgehead atoms. The summed E-state index contributed by atoms with van der Waals surface area (Å²) >= 11 is 0. The number of aromatic hydroxyl groups is 1. The number of ketones is 1. The van der Waals surface area contributed by atoms with Crippen molar-refractivity contribution in [3.8, 4) is 17.2 Å². The van der Waals surface area contributed by atoms with Crippen LogP contribution < -0.4 is 9.47 Å². The van der Waals surface area contributed by atoms with Crippen molar-refractivity contribution in [2.24, 2.45) is 0 Å². The number of aliphatic hydroxyl groups is 1. The number of amides is 1. The number of hydrogen-bond acceptors (Lipinski definition) is 6. The van der Waals surface area contributed by atoms with Crippen LogP contribution in [0, 0.1) is 0 Å². The van der Waals surface area contributed by atoms with Crippen molar-refractivity contribution in [2.75, 3.05) is 20.3 Å². The quantitative estimate of drug-likeness (QED) is 0.340. The van der Waals surface area contributed by atoms with Crippen LogP contribution in [-0.4, -0.2) is 47.1 Å². The Balaban J connectivity index is 2.20. The van der Waals surface area contributed by atoms with Crippen molar-refractivity contribution in [1.82, 2.24) is 4.90 Å². The molecule has 0 aromatic heterocycles. The second-order valence-corrected chi connectivity index (χ2v) is 8.26. The highest BCUT2D eigenvalue weighted by atomic mass is 16.5. The maximum absolute atomic E-state index is 13.1. The Kier molecular flexibility index (Phi) is 7.31. The van der Waals surface area contributed by atoms with Gasteiger partial charge in [0.1, 0.15) is 11.5 Å². The van der Waals surface area contributed by atoms with E-state index in [0.717, 1.165) is 5.56 Å². The van der Waals surface area contributed by atoms with Gasteiger partial charge < -0.3 is 24.6 Å². The molecule has 1 saturated heterocycles. The molecule has 2 N–H and O–H groups in total. The molecule has 1 unspecified atom stereocenters.